The highest BCUT2D eigenvalue weighted by atomic mass is 32.2. The van der Waals surface area contributed by atoms with Crippen LogP contribution < -0.4 is 14.8 Å². The second-order valence-corrected chi connectivity index (χ2v) is 8.97. The van der Waals surface area contributed by atoms with E-state index in [0.29, 0.717) is 30.3 Å². The third kappa shape index (κ3) is 6.88. The number of amides is 1. The van der Waals surface area contributed by atoms with Crippen LogP contribution in [0.2, 0.25) is 0 Å². The Morgan fingerprint density at radius 3 is 2.54 bits per heavy atom. The number of sulfonamides is 1. The van der Waals surface area contributed by atoms with Gasteiger partial charge in [0.25, 0.3) is 5.91 Å². The van der Waals surface area contributed by atoms with Crippen molar-refractivity contribution < 1.29 is 17.9 Å². The fraction of sp³-hybridized carbons (Fsp3) is 0.381. The van der Waals surface area contributed by atoms with Gasteiger partial charge in [-0.15, -0.1) is 0 Å². The van der Waals surface area contributed by atoms with Gasteiger partial charge < -0.3 is 10.1 Å². The first-order chi connectivity index (χ1) is 13.2. The van der Waals surface area contributed by atoms with E-state index in [9.17, 15) is 13.2 Å². The molecule has 0 saturated heterocycles. The molecule has 0 bridgehead atoms. The molecule has 2 rings (SSSR count). The molecule has 2 N–H and O–H groups in total. The molecule has 0 saturated carbocycles. The minimum Gasteiger partial charge on any atom is -0.493 e. The van der Waals surface area contributed by atoms with Gasteiger partial charge in [-0.25, -0.2) is 8.42 Å². The number of carbonyl (C=O) groups excluding carboxylic acids is 1. The third-order valence-electron chi connectivity index (χ3n) is 4.16. The molecule has 0 spiro atoms. The number of hydrogen-bond acceptors (Lipinski definition) is 4. The average Bonchev–Trinajstić information content (AvgIpc) is 2.61. The Hall–Kier alpha value is -2.54. The van der Waals surface area contributed by atoms with Gasteiger partial charge in [0.15, 0.2) is 0 Å². The molecule has 0 fully saturated rings. The first kappa shape index (κ1) is 21.8. The van der Waals surface area contributed by atoms with Gasteiger partial charge in [0, 0.05) is 17.7 Å². The van der Waals surface area contributed by atoms with E-state index in [1.54, 1.807) is 19.1 Å². The minimum atomic E-state index is -3.42. The van der Waals surface area contributed by atoms with Gasteiger partial charge in [0.1, 0.15) is 5.75 Å². The highest BCUT2D eigenvalue weighted by molar-refractivity contribution is 7.92. The van der Waals surface area contributed by atoms with Crippen molar-refractivity contribution in [2.24, 2.45) is 5.92 Å². The highest BCUT2D eigenvalue weighted by Crippen LogP contribution is 2.20. The van der Waals surface area contributed by atoms with Gasteiger partial charge in [-0.1, -0.05) is 38.1 Å². The molecule has 0 aliphatic heterocycles. The summed E-state index contributed by atoms with van der Waals surface area (Å²) in [6.45, 7) is 7.01. The van der Waals surface area contributed by atoms with Gasteiger partial charge in [0.2, 0.25) is 10.0 Å². The van der Waals surface area contributed by atoms with Crippen LogP contribution in [0, 0.1) is 12.8 Å². The van der Waals surface area contributed by atoms with Crippen LogP contribution in [0.5, 0.6) is 5.75 Å². The van der Waals surface area contributed by atoms with Crippen LogP contribution >= 0.6 is 0 Å². The lowest BCUT2D eigenvalue weighted by atomic mass is 10.1. The van der Waals surface area contributed by atoms with Gasteiger partial charge >= 0.3 is 0 Å². The van der Waals surface area contributed by atoms with E-state index >= 15 is 0 Å². The molecule has 28 heavy (non-hydrogen) atoms. The van der Waals surface area contributed by atoms with Gasteiger partial charge in [-0.3, -0.25) is 9.52 Å². The summed E-state index contributed by atoms with van der Waals surface area (Å²) in [6, 6.07) is 12.5. The molecule has 7 heteroatoms. The highest BCUT2D eigenvalue weighted by Gasteiger charge is 2.12. The van der Waals surface area contributed by atoms with E-state index in [4.69, 9.17) is 4.74 Å². The van der Waals surface area contributed by atoms with Gasteiger partial charge in [-0.2, -0.15) is 0 Å². The zero-order valence-corrected chi connectivity index (χ0v) is 17.6. The topological polar surface area (TPSA) is 84.5 Å². The lowest BCUT2D eigenvalue weighted by Gasteiger charge is -2.14. The SMILES string of the molecule is Cc1ccc(C(=O)NCc2ccccc2OCCC(C)C)cc1NS(C)(=O)=O. The predicted octanol–water partition coefficient (Wildman–Crippen LogP) is 3.72. The van der Waals surface area contributed by atoms with Gasteiger partial charge in [-0.05, 0) is 43.0 Å². The summed E-state index contributed by atoms with van der Waals surface area (Å²) in [5, 5.41) is 2.87. The molecule has 0 aromatic heterocycles. The lowest BCUT2D eigenvalue weighted by molar-refractivity contribution is 0.0950. The summed E-state index contributed by atoms with van der Waals surface area (Å²) in [6.07, 6.45) is 2.04. The Morgan fingerprint density at radius 1 is 1.14 bits per heavy atom. The monoisotopic (exact) mass is 404 g/mol. The minimum absolute atomic E-state index is 0.284. The molecule has 2 aromatic rings. The standard InChI is InChI=1S/C21H28N2O4S/c1-15(2)11-12-27-20-8-6-5-7-18(20)14-22-21(24)17-10-9-16(3)19(13-17)23-28(4,25)26/h5-10,13,15,23H,11-12,14H2,1-4H3,(H,22,24). The van der Waals surface area contributed by atoms with E-state index < -0.39 is 10.0 Å². The zero-order valence-electron chi connectivity index (χ0n) is 16.8. The second kappa shape index (κ2) is 9.59. The molecule has 0 heterocycles. The summed E-state index contributed by atoms with van der Waals surface area (Å²) >= 11 is 0. The van der Waals surface area contributed by atoms with Crippen molar-refractivity contribution >= 4 is 21.6 Å². The van der Waals surface area contributed by atoms with Crippen molar-refractivity contribution in [3.05, 3.63) is 59.2 Å². The summed E-state index contributed by atoms with van der Waals surface area (Å²) < 4.78 is 31.2. The molecular weight excluding hydrogens is 376 g/mol. The van der Waals surface area contributed by atoms with E-state index in [-0.39, 0.29) is 5.91 Å². The molecule has 0 aliphatic rings. The Balaban J connectivity index is 2.06. The fourth-order valence-corrected chi connectivity index (χ4v) is 3.17. The molecule has 2 aromatic carbocycles. The van der Waals surface area contributed by atoms with Crippen LogP contribution in [0.25, 0.3) is 0 Å². The van der Waals surface area contributed by atoms with E-state index in [1.165, 1.54) is 6.07 Å². The largest absolute Gasteiger partial charge is 0.493 e. The Kier molecular flexibility index (Phi) is 7.45. The lowest BCUT2D eigenvalue weighted by Crippen LogP contribution is -2.23. The quantitative estimate of drug-likeness (QED) is 0.667. The predicted molar refractivity (Wildman–Crippen MR) is 112 cm³/mol. The van der Waals surface area contributed by atoms with Crippen molar-refractivity contribution in [1.82, 2.24) is 5.32 Å². The number of hydrogen-bond donors (Lipinski definition) is 2. The molecular formula is C21H28N2O4S. The molecule has 6 nitrogen and oxygen atoms in total. The number of rotatable bonds is 9. The Labute approximate surface area is 167 Å². The van der Waals surface area contributed by atoms with E-state index in [2.05, 4.69) is 23.9 Å². The van der Waals surface area contributed by atoms with Crippen LogP contribution in [0.3, 0.4) is 0 Å². The normalized spacial score (nSPS) is 11.3. The van der Waals surface area contributed by atoms with Gasteiger partial charge in [0.05, 0.1) is 18.6 Å². The Morgan fingerprint density at radius 2 is 1.86 bits per heavy atom. The number of anilines is 1. The number of benzene rings is 2. The average molecular weight is 405 g/mol. The maximum absolute atomic E-state index is 12.5. The maximum atomic E-state index is 12.5. The second-order valence-electron chi connectivity index (χ2n) is 7.23. The number of aryl methyl sites for hydroxylation is 1. The van der Waals surface area contributed by atoms with Crippen molar-refractivity contribution in [1.29, 1.82) is 0 Å². The van der Waals surface area contributed by atoms with Crippen LogP contribution in [0.1, 0.15) is 41.8 Å². The maximum Gasteiger partial charge on any atom is 0.251 e. The van der Waals surface area contributed by atoms with E-state index in [0.717, 1.165) is 29.6 Å². The molecule has 152 valence electrons. The summed E-state index contributed by atoms with van der Waals surface area (Å²) in [4.78, 5) is 12.5. The van der Waals surface area contributed by atoms with Crippen LogP contribution in [0.15, 0.2) is 42.5 Å². The summed E-state index contributed by atoms with van der Waals surface area (Å²) in [5.74, 6) is 1.03. The van der Waals surface area contributed by atoms with Crippen molar-refractivity contribution in [3.8, 4) is 5.75 Å². The van der Waals surface area contributed by atoms with E-state index in [1.807, 2.05) is 24.3 Å². The van der Waals surface area contributed by atoms with Crippen molar-refractivity contribution in [2.45, 2.75) is 33.7 Å². The first-order valence-corrected chi connectivity index (χ1v) is 11.1. The number of para-hydroxylation sites is 1. The molecule has 0 unspecified atom stereocenters. The number of carbonyl (C=O) groups is 1. The number of ether oxygens (including phenoxy) is 1. The Bertz CT molecular complexity index is 924. The fourth-order valence-electron chi connectivity index (χ4n) is 2.55. The zero-order chi connectivity index (χ0) is 20.7. The third-order valence-corrected chi connectivity index (χ3v) is 4.75. The molecule has 0 radical (unpaired) electrons. The number of nitrogens with one attached hydrogen (secondary N) is 2. The summed E-state index contributed by atoms with van der Waals surface area (Å²) in [5.41, 5.74) is 2.41. The smallest absolute Gasteiger partial charge is 0.251 e. The first-order valence-electron chi connectivity index (χ1n) is 9.23. The van der Waals surface area contributed by atoms with Crippen molar-refractivity contribution in [2.75, 3.05) is 17.6 Å². The molecule has 1 amide bonds. The molecule has 0 aliphatic carbocycles. The van der Waals surface area contributed by atoms with Crippen LogP contribution in [0.4, 0.5) is 5.69 Å². The van der Waals surface area contributed by atoms with Crippen LogP contribution in [-0.2, 0) is 16.6 Å². The molecule has 0 atom stereocenters. The van der Waals surface area contributed by atoms with Crippen LogP contribution in [-0.4, -0.2) is 27.2 Å². The summed E-state index contributed by atoms with van der Waals surface area (Å²) in [7, 11) is -3.42. The van der Waals surface area contributed by atoms with Crippen molar-refractivity contribution in [3.63, 3.8) is 0 Å².